The van der Waals surface area contributed by atoms with Gasteiger partial charge in [-0.05, 0) is 17.7 Å². The fourth-order valence-electron chi connectivity index (χ4n) is 2.13. The van der Waals surface area contributed by atoms with Crippen LogP contribution in [0.3, 0.4) is 0 Å². The van der Waals surface area contributed by atoms with Crippen LogP contribution in [-0.4, -0.2) is 31.6 Å². The Hall–Kier alpha value is -2.82. The van der Waals surface area contributed by atoms with E-state index in [1.807, 2.05) is 60.7 Å². The van der Waals surface area contributed by atoms with Crippen LogP contribution < -0.4 is 10.6 Å². The highest BCUT2D eigenvalue weighted by atomic mass is 16.5. The number of esters is 1. The summed E-state index contributed by atoms with van der Waals surface area (Å²) in [5.74, 6) is -0.561. The van der Waals surface area contributed by atoms with Crippen LogP contribution in [0.1, 0.15) is 5.56 Å². The van der Waals surface area contributed by atoms with E-state index >= 15 is 0 Å². The van der Waals surface area contributed by atoms with Crippen LogP contribution in [0.5, 0.6) is 0 Å². The molecule has 0 bridgehead atoms. The van der Waals surface area contributed by atoms with E-state index < -0.39 is 12.0 Å². The average Bonchev–Trinajstić information content (AvgIpc) is 2.59. The molecular weight excluding hydrogens is 292 g/mol. The normalized spacial score (nSPS) is 11.3. The molecular formula is C18H20N2O3. The van der Waals surface area contributed by atoms with E-state index in [4.69, 9.17) is 4.74 Å². The number of carbonyl (C=O) groups excluding carboxylic acids is 2. The molecule has 0 saturated carbocycles. The lowest BCUT2D eigenvalue weighted by Gasteiger charge is -2.18. The number of methoxy groups -OCH3 is 1. The number of hydrogen-bond acceptors (Lipinski definition) is 4. The maximum absolute atomic E-state index is 12.0. The number of ether oxygens (including phenoxy) is 1. The standard InChI is InChI=1S/C18H20N2O3/c1-23-18(22)16(20-15-10-6-3-7-11-15)13-19-17(21)12-14-8-4-2-5-9-14/h2-11,16,20H,12-13H2,1H3,(H,19,21). The number of nitrogens with one attached hydrogen (secondary N) is 2. The zero-order chi connectivity index (χ0) is 16.5. The highest BCUT2D eigenvalue weighted by Gasteiger charge is 2.19. The van der Waals surface area contributed by atoms with E-state index in [1.54, 1.807) is 0 Å². The van der Waals surface area contributed by atoms with Crippen molar-refractivity contribution in [3.8, 4) is 0 Å². The minimum atomic E-state index is -0.637. The van der Waals surface area contributed by atoms with Crippen LogP contribution >= 0.6 is 0 Å². The third-order valence-corrected chi connectivity index (χ3v) is 3.31. The van der Waals surface area contributed by atoms with Gasteiger partial charge in [-0.25, -0.2) is 4.79 Å². The van der Waals surface area contributed by atoms with Crippen LogP contribution in [0.15, 0.2) is 60.7 Å². The Morgan fingerprint density at radius 2 is 1.61 bits per heavy atom. The van der Waals surface area contributed by atoms with Gasteiger partial charge in [0.1, 0.15) is 6.04 Å². The van der Waals surface area contributed by atoms with E-state index in [-0.39, 0.29) is 18.9 Å². The third kappa shape index (κ3) is 5.47. The average molecular weight is 312 g/mol. The smallest absolute Gasteiger partial charge is 0.330 e. The maximum atomic E-state index is 12.0. The quantitative estimate of drug-likeness (QED) is 0.767. The molecule has 0 aliphatic rings. The number of rotatable bonds is 7. The number of amides is 1. The van der Waals surface area contributed by atoms with Crippen molar-refractivity contribution in [3.63, 3.8) is 0 Å². The molecule has 2 rings (SSSR count). The molecule has 0 aliphatic heterocycles. The van der Waals surface area contributed by atoms with Crippen molar-refractivity contribution in [2.24, 2.45) is 0 Å². The Morgan fingerprint density at radius 1 is 1.00 bits per heavy atom. The summed E-state index contributed by atoms with van der Waals surface area (Å²) in [5.41, 5.74) is 1.72. The predicted molar refractivity (Wildman–Crippen MR) is 89.0 cm³/mol. The summed E-state index contributed by atoms with van der Waals surface area (Å²) in [6.07, 6.45) is 0.278. The van der Waals surface area contributed by atoms with Crippen molar-refractivity contribution in [2.75, 3.05) is 19.0 Å². The number of carbonyl (C=O) groups is 2. The molecule has 23 heavy (non-hydrogen) atoms. The molecule has 0 fully saturated rings. The van der Waals surface area contributed by atoms with E-state index in [0.717, 1.165) is 11.3 Å². The molecule has 0 heterocycles. The minimum Gasteiger partial charge on any atom is -0.467 e. The summed E-state index contributed by atoms with van der Waals surface area (Å²) in [6.45, 7) is 0.160. The van der Waals surface area contributed by atoms with Gasteiger partial charge in [0.15, 0.2) is 0 Å². The first kappa shape index (κ1) is 16.5. The summed E-state index contributed by atoms with van der Waals surface area (Å²) in [4.78, 5) is 23.8. The van der Waals surface area contributed by atoms with E-state index in [1.165, 1.54) is 7.11 Å². The molecule has 0 spiro atoms. The van der Waals surface area contributed by atoms with Gasteiger partial charge in [0.25, 0.3) is 0 Å². The monoisotopic (exact) mass is 312 g/mol. The van der Waals surface area contributed by atoms with Gasteiger partial charge in [0.05, 0.1) is 13.5 Å². The Labute approximate surface area is 135 Å². The number of para-hydroxylation sites is 1. The van der Waals surface area contributed by atoms with Gasteiger partial charge < -0.3 is 15.4 Å². The van der Waals surface area contributed by atoms with Gasteiger partial charge in [0, 0.05) is 12.2 Å². The van der Waals surface area contributed by atoms with Crippen LogP contribution in [0.2, 0.25) is 0 Å². The largest absolute Gasteiger partial charge is 0.467 e. The Bertz CT molecular complexity index is 629. The first-order valence-electron chi connectivity index (χ1n) is 7.39. The molecule has 5 nitrogen and oxygen atoms in total. The summed E-state index contributed by atoms with van der Waals surface area (Å²) in [5, 5.41) is 5.82. The number of benzene rings is 2. The second-order valence-corrected chi connectivity index (χ2v) is 5.05. The molecule has 0 aliphatic carbocycles. The molecule has 2 N–H and O–H groups in total. The molecule has 2 aromatic rings. The van der Waals surface area contributed by atoms with Crippen molar-refractivity contribution in [3.05, 3.63) is 66.2 Å². The lowest BCUT2D eigenvalue weighted by Crippen LogP contribution is -2.42. The Balaban J connectivity index is 1.90. The molecule has 5 heteroatoms. The van der Waals surface area contributed by atoms with Crippen molar-refractivity contribution in [2.45, 2.75) is 12.5 Å². The van der Waals surface area contributed by atoms with E-state index in [9.17, 15) is 9.59 Å². The molecule has 0 aromatic heterocycles. The highest BCUT2D eigenvalue weighted by molar-refractivity contribution is 5.82. The zero-order valence-corrected chi connectivity index (χ0v) is 13.0. The van der Waals surface area contributed by atoms with Crippen molar-refractivity contribution < 1.29 is 14.3 Å². The maximum Gasteiger partial charge on any atom is 0.330 e. The minimum absolute atomic E-state index is 0.139. The lowest BCUT2D eigenvalue weighted by molar-refractivity contribution is -0.141. The molecule has 120 valence electrons. The topological polar surface area (TPSA) is 67.4 Å². The first-order valence-corrected chi connectivity index (χ1v) is 7.39. The highest BCUT2D eigenvalue weighted by Crippen LogP contribution is 2.08. The summed E-state index contributed by atoms with van der Waals surface area (Å²) in [6, 6.07) is 18.1. The first-order chi connectivity index (χ1) is 11.2. The van der Waals surface area contributed by atoms with Gasteiger partial charge in [-0.1, -0.05) is 48.5 Å². The van der Waals surface area contributed by atoms with Crippen molar-refractivity contribution in [1.29, 1.82) is 0 Å². The summed E-state index contributed by atoms with van der Waals surface area (Å²) >= 11 is 0. The zero-order valence-electron chi connectivity index (χ0n) is 13.0. The van der Waals surface area contributed by atoms with Gasteiger partial charge in [0.2, 0.25) is 5.91 Å². The van der Waals surface area contributed by atoms with Crippen molar-refractivity contribution in [1.82, 2.24) is 5.32 Å². The molecule has 2 aromatic carbocycles. The van der Waals surface area contributed by atoms with Crippen LogP contribution in [0.4, 0.5) is 5.69 Å². The van der Waals surface area contributed by atoms with Crippen molar-refractivity contribution >= 4 is 17.6 Å². The molecule has 0 radical (unpaired) electrons. The summed E-state index contributed by atoms with van der Waals surface area (Å²) < 4.78 is 4.78. The molecule has 1 amide bonds. The second-order valence-electron chi connectivity index (χ2n) is 5.05. The molecule has 1 atom stereocenters. The van der Waals surface area contributed by atoms with Crippen LogP contribution in [0, 0.1) is 0 Å². The van der Waals surface area contributed by atoms with Gasteiger partial charge in [-0.2, -0.15) is 0 Å². The lowest BCUT2D eigenvalue weighted by atomic mass is 10.1. The fraction of sp³-hybridized carbons (Fsp3) is 0.222. The van der Waals surface area contributed by atoms with Crippen LogP contribution in [0.25, 0.3) is 0 Å². The SMILES string of the molecule is COC(=O)C(CNC(=O)Cc1ccccc1)Nc1ccccc1. The third-order valence-electron chi connectivity index (χ3n) is 3.31. The number of anilines is 1. The van der Waals surface area contributed by atoms with E-state index in [0.29, 0.717) is 0 Å². The van der Waals surface area contributed by atoms with E-state index in [2.05, 4.69) is 10.6 Å². The predicted octanol–water partition coefficient (Wildman–Crippen LogP) is 2.00. The second kappa shape index (κ2) is 8.58. The van der Waals surface area contributed by atoms with Gasteiger partial charge in [-0.15, -0.1) is 0 Å². The number of hydrogen-bond donors (Lipinski definition) is 2. The Kier molecular flexibility index (Phi) is 6.17. The van der Waals surface area contributed by atoms with Gasteiger partial charge >= 0.3 is 5.97 Å². The fourth-order valence-corrected chi connectivity index (χ4v) is 2.13. The molecule has 1 unspecified atom stereocenters. The molecule has 0 saturated heterocycles. The Morgan fingerprint density at radius 3 is 2.22 bits per heavy atom. The van der Waals surface area contributed by atoms with Gasteiger partial charge in [-0.3, -0.25) is 4.79 Å². The summed E-state index contributed by atoms with van der Waals surface area (Å²) in [7, 11) is 1.33. The van der Waals surface area contributed by atoms with Crippen LogP contribution in [-0.2, 0) is 20.7 Å².